The molecule has 1 aliphatic rings. The molecule has 0 saturated heterocycles. The highest BCUT2D eigenvalue weighted by Crippen LogP contribution is 2.23. The lowest BCUT2D eigenvalue weighted by molar-refractivity contribution is -0.118. The standard InChI is InChI=1S/C10H14N2OS/c11-10(13)2-5-12-4-1-9-8(7-12)3-6-14-9/h3,6H,1-2,4-5,7H2,(H2,11,13). The van der Waals surface area contributed by atoms with Gasteiger partial charge in [-0.1, -0.05) is 0 Å². The van der Waals surface area contributed by atoms with E-state index in [0.29, 0.717) is 6.42 Å². The van der Waals surface area contributed by atoms with E-state index in [0.717, 1.165) is 26.1 Å². The summed E-state index contributed by atoms with van der Waals surface area (Å²) in [4.78, 5) is 14.4. The molecule has 0 aliphatic carbocycles. The topological polar surface area (TPSA) is 46.3 Å². The van der Waals surface area contributed by atoms with Crippen LogP contribution in [0.2, 0.25) is 0 Å². The van der Waals surface area contributed by atoms with Crippen molar-refractivity contribution in [3.8, 4) is 0 Å². The molecule has 1 aliphatic heterocycles. The van der Waals surface area contributed by atoms with Gasteiger partial charge in [0.15, 0.2) is 0 Å². The van der Waals surface area contributed by atoms with Crippen LogP contribution >= 0.6 is 11.3 Å². The Balaban J connectivity index is 1.91. The Kier molecular flexibility index (Phi) is 2.84. The van der Waals surface area contributed by atoms with Gasteiger partial charge in [-0.15, -0.1) is 11.3 Å². The Morgan fingerprint density at radius 3 is 3.29 bits per heavy atom. The second-order valence-electron chi connectivity index (χ2n) is 3.61. The van der Waals surface area contributed by atoms with E-state index < -0.39 is 0 Å². The molecule has 0 saturated carbocycles. The van der Waals surface area contributed by atoms with Crippen molar-refractivity contribution in [2.75, 3.05) is 13.1 Å². The third kappa shape index (κ3) is 2.13. The first-order chi connectivity index (χ1) is 6.75. The molecule has 0 fully saturated rings. The van der Waals surface area contributed by atoms with Gasteiger partial charge in [-0.2, -0.15) is 0 Å². The van der Waals surface area contributed by atoms with Crippen LogP contribution in [0.5, 0.6) is 0 Å². The Morgan fingerprint density at radius 1 is 1.64 bits per heavy atom. The second kappa shape index (κ2) is 4.11. The molecule has 14 heavy (non-hydrogen) atoms. The van der Waals surface area contributed by atoms with Crippen LogP contribution in [0.4, 0.5) is 0 Å². The minimum absolute atomic E-state index is 0.207. The zero-order valence-corrected chi connectivity index (χ0v) is 8.85. The third-order valence-electron chi connectivity index (χ3n) is 2.56. The highest BCUT2D eigenvalue weighted by atomic mass is 32.1. The Bertz CT molecular complexity index is 335. The highest BCUT2D eigenvalue weighted by Gasteiger charge is 2.16. The monoisotopic (exact) mass is 210 g/mol. The molecule has 2 heterocycles. The van der Waals surface area contributed by atoms with Crippen LogP contribution in [0.15, 0.2) is 11.4 Å². The molecule has 1 amide bonds. The molecule has 1 aromatic rings. The molecule has 0 atom stereocenters. The zero-order valence-electron chi connectivity index (χ0n) is 8.03. The smallest absolute Gasteiger partial charge is 0.218 e. The van der Waals surface area contributed by atoms with Gasteiger partial charge in [-0.05, 0) is 23.4 Å². The van der Waals surface area contributed by atoms with Crippen molar-refractivity contribution in [1.29, 1.82) is 0 Å². The average Bonchev–Trinajstić information content (AvgIpc) is 2.61. The summed E-state index contributed by atoms with van der Waals surface area (Å²) in [5.74, 6) is -0.207. The lowest BCUT2D eigenvalue weighted by atomic mass is 10.1. The molecule has 0 radical (unpaired) electrons. The summed E-state index contributed by atoms with van der Waals surface area (Å²) in [6.07, 6.45) is 1.59. The van der Waals surface area contributed by atoms with Crippen molar-refractivity contribution in [3.05, 3.63) is 21.9 Å². The van der Waals surface area contributed by atoms with Gasteiger partial charge in [0.2, 0.25) is 5.91 Å². The van der Waals surface area contributed by atoms with Crippen LogP contribution in [-0.2, 0) is 17.8 Å². The van der Waals surface area contributed by atoms with Gasteiger partial charge in [-0.25, -0.2) is 0 Å². The number of hydrogen-bond acceptors (Lipinski definition) is 3. The minimum Gasteiger partial charge on any atom is -0.370 e. The van der Waals surface area contributed by atoms with Gasteiger partial charge in [0.1, 0.15) is 0 Å². The molecule has 0 aromatic carbocycles. The highest BCUT2D eigenvalue weighted by molar-refractivity contribution is 7.10. The maximum Gasteiger partial charge on any atom is 0.218 e. The van der Waals surface area contributed by atoms with Gasteiger partial charge in [0.05, 0.1) is 0 Å². The normalized spacial score (nSPS) is 16.6. The second-order valence-corrected chi connectivity index (χ2v) is 4.61. The van der Waals surface area contributed by atoms with E-state index in [4.69, 9.17) is 5.73 Å². The number of carbonyl (C=O) groups excluding carboxylic acids is 1. The summed E-state index contributed by atoms with van der Waals surface area (Å²) < 4.78 is 0. The maximum atomic E-state index is 10.6. The fraction of sp³-hybridized carbons (Fsp3) is 0.500. The van der Waals surface area contributed by atoms with Crippen LogP contribution in [-0.4, -0.2) is 23.9 Å². The van der Waals surface area contributed by atoms with Crippen LogP contribution in [0.25, 0.3) is 0 Å². The number of primary amides is 1. The largest absolute Gasteiger partial charge is 0.370 e. The predicted molar refractivity (Wildman–Crippen MR) is 57.1 cm³/mol. The number of amides is 1. The number of fused-ring (bicyclic) bond motifs is 1. The van der Waals surface area contributed by atoms with Crippen molar-refractivity contribution in [3.63, 3.8) is 0 Å². The number of hydrogen-bond donors (Lipinski definition) is 1. The summed E-state index contributed by atoms with van der Waals surface area (Å²) in [6.45, 7) is 2.83. The van der Waals surface area contributed by atoms with E-state index in [9.17, 15) is 4.79 Å². The lowest BCUT2D eigenvalue weighted by Gasteiger charge is -2.26. The summed E-state index contributed by atoms with van der Waals surface area (Å²) in [7, 11) is 0. The Hall–Kier alpha value is -0.870. The minimum atomic E-state index is -0.207. The van der Waals surface area contributed by atoms with Gasteiger partial charge in [0.25, 0.3) is 0 Å². The van der Waals surface area contributed by atoms with Crippen molar-refractivity contribution in [2.24, 2.45) is 5.73 Å². The summed E-state index contributed by atoms with van der Waals surface area (Å²) in [6, 6.07) is 2.18. The zero-order chi connectivity index (χ0) is 9.97. The fourth-order valence-corrected chi connectivity index (χ4v) is 2.66. The number of nitrogens with zero attached hydrogens (tertiary/aromatic N) is 1. The number of nitrogens with two attached hydrogens (primary N) is 1. The van der Waals surface area contributed by atoms with E-state index in [1.54, 1.807) is 0 Å². The van der Waals surface area contributed by atoms with Crippen LogP contribution in [0.3, 0.4) is 0 Å². The van der Waals surface area contributed by atoms with Crippen molar-refractivity contribution >= 4 is 17.2 Å². The van der Waals surface area contributed by atoms with Crippen molar-refractivity contribution in [2.45, 2.75) is 19.4 Å². The molecule has 3 nitrogen and oxygen atoms in total. The third-order valence-corrected chi connectivity index (χ3v) is 3.58. The Morgan fingerprint density at radius 2 is 2.50 bits per heavy atom. The maximum absolute atomic E-state index is 10.6. The van der Waals surface area contributed by atoms with E-state index in [-0.39, 0.29) is 5.91 Å². The lowest BCUT2D eigenvalue weighted by Crippen LogP contribution is -2.32. The number of carbonyl (C=O) groups is 1. The molecular formula is C10H14N2OS. The number of rotatable bonds is 3. The van der Waals surface area contributed by atoms with E-state index in [2.05, 4.69) is 16.3 Å². The van der Waals surface area contributed by atoms with Gasteiger partial charge >= 0.3 is 0 Å². The van der Waals surface area contributed by atoms with Gasteiger partial charge in [-0.3, -0.25) is 9.69 Å². The van der Waals surface area contributed by atoms with Gasteiger partial charge < -0.3 is 5.73 Å². The van der Waals surface area contributed by atoms with Crippen LogP contribution in [0, 0.1) is 0 Å². The molecule has 4 heteroatoms. The molecule has 2 N–H and O–H groups in total. The molecule has 1 aromatic heterocycles. The summed E-state index contributed by atoms with van der Waals surface area (Å²) >= 11 is 1.83. The van der Waals surface area contributed by atoms with E-state index in [1.165, 1.54) is 10.4 Å². The summed E-state index contributed by atoms with van der Waals surface area (Å²) in [5.41, 5.74) is 6.54. The van der Waals surface area contributed by atoms with Crippen LogP contribution in [0.1, 0.15) is 16.9 Å². The fourth-order valence-electron chi connectivity index (χ4n) is 1.77. The van der Waals surface area contributed by atoms with Crippen molar-refractivity contribution < 1.29 is 4.79 Å². The molecule has 2 rings (SSSR count). The first-order valence-corrected chi connectivity index (χ1v) is 5.69. The quantitative estimate of drug-likeness (QED) is 0.808. The van der Waals surface area contributed by atoms with E-state index >= 15 is 0 Å². The molecule has 0 bridgehead atoms. The molecule has 76 valence electrons. The first-order valence-electron chi connectivity index (χ1n) is 4.81. The average molecular weight is 210 g/mol. The molecule has 0 unspecified atom stereocenters. The van der Waals surface area contributed by atoms with E-state index in [1.807, 2.05) is 11.3 Å². The first kappa shape index (κ1) is 9.68. The van der Waals surface area contributed by atoms with Crippen molar-refractivity contribution in [1.82, 2.24) is 4.90 Å². The molecular weight excluding hydrogens is 196 g/mol. The molecule has 0 spiro atoms. The Labute approximate surface area is 87.5 Å². The van der Waals surface area contributed by atoms with Gasteiger partial charge in [0, 0.05) is 30.9 Å². The predicted octanol–water partition coefficient (Wildman–Crippen LogP) is 0.982. The number of thiophene rings is 1. The SMILES string of the molecule is NC(=O)CCN1CCc2sccc2C1. The summed E-state index contributed by atoms with van der Waals surface area (Å²) in [5, 5.41) is 2.14. The van der Waals surface area contributed by atoms with Crippen LogP contribution < -0.4 is 5.73 Å².